The van der Waals surface area contributed by atoms with Crippen LogP contribution in [0, 0.1) is 0 Å². The Morgan fingerprint density at radius 2 is 1.89 bits per heavy atom. The first-order chi connectivity index (χ1) is 13.0. The predicted molar refractivity (Wildman–Crippen MR) is 97.4 cm³/mol. The van der Waals surface area contributed by atoms with Gasteiger partial charge in [-0.2, -0.15) is 0 Å². The Labute approximate surface area is 158 Å². The highest BCUT2D eigenvalue weighted by atomic mass is 16.2. The average Bonchev–Trinajstić information content (AvgIpc) is 2.89. The third-order valence-corrected chi connectivity index (χ3v) is 5.04. The molecule has 144 valence electrons. The molecule has 0 aliphatic carbocycles. The number of carbonyl (C=O) groups is 4. The molecular weight excluding hydrogens is 348 g/mol. The SMILES string of the molecule is CC[C@@H]1CN(C(=O)CN2C(=O)CNC2=O)CCC(=O)N1Cc1ccccc1. The molecule has 27 heavy (non-hydrogen) atoms. The Balaban J connectivity index is 1.69. The molecule has 0 unspecified atom stereocenters. The molecule has 1 atom stereocenters. The van der Waals surface area contributed by atoms with Crippen LogP contribution in [0.3, 0.4) is 0 Å². The lowest BCUT2D eigenvalue weighted by atomic mass is 10.1. The highest BCUT2D eigenvalue weighted by Gasteiger charge is 2.34. The summed E-state index contributed by atoms with van der Waals surface area (Å²) in [7, 11) is 0. The lowest BCUT2D eigenvalue weighted by Crippen LogP contribution is -2.47. The van der Waals surface area contributed by atoms with E-state index in [2.05, 4.69) is 5.32 Å². The van der Waals surface area contributed by atoms with E-state index < -0.39 is 11.9 Å². The fourth-order valence-electron chi connectivity index (χ4n) is 3.45. The summed E-state index contributed by atoms with van der Waals surface area (Å²) in [5.74, 6) is -0.707. The van der Waals surface area contributed by atoms with E-state index >= 15 is 0 Å². The molecule has 8 heteroatoms. The summed E-state index contributed by atoms with van der Waals surface area (Å²) < 4.78 is 0. The fraction of sp³-hybridized carbons (Fsp3) is 0.474. The molecule has 2 aliphatic heterocycles. The Kier molecular flexibility index (Phi) is 5.73. The summed E-state index contributed by atoms with van der Waals surface area (Å²) in [4.78, 5) is 53.0. The van der Waals surface area contributed by atoms with Crippen molar-refractivity contribution in [3.05, 3.63) is 35.9 Å². The first-order valence-electron chi connectivity index (χ1n) is 9.19. The number of hydrogen-bond donors (Lipinski definition) is 1. The van der Waals surface area contributed by atoms with Crippen LogP contribution in [0.2, 0.25) is 0 Å². The standard InChI is InChI=1S/C19H24N4O4/c1-2-15-12-21(18(26)13-23-17(25)10-20-19(23)27)9-8-16(24)22(15)11-14-6-4-3-5-7-14/h3-7,15H,2,8-13H2,1H3,(H,20,27)/t15-/m1/s1. The van der Waals surface area contributed by atoms with Gasteiger partial charge in [-0.15, -0.1) is 0 Å². The molecule has 2 saturated heterocycles. The number of amides is 5. The van der Waals surface area contributed by atoms with Gasteiger partial charge in [0.1, 0.15) is 6.54 Å². The summed E-state index contributed by atoms with van der Waals surface area (Å²) in [5.41, 5.74) is 1.04. The molecule has 1 aromatic carbocycles. The Bertz CT molecular complexity index is 720. The van der Waals surface area contributed by atoms with Crippen LogP contribution in [0.15, 0.2) is 30.3 Å². The molecule has 3 rings (SSSR count). The van der Waals surface area contributed by atoms with E-state index in [-0.39, 0.29) is 37.4 Å². The zero-order chi connectivity index (χ0) is 19.4. The highest BCUT2D eigenvalue weighted by Crippen LogP contribution is 2.18. The van der Waals surface area contributed by atoms with Crippen molar-refractivity contribution in [2.75, 3.05) is 26.2 Å². The number of urea groups is 1. The van der Waals surface area contributed by atoms with Crippen LogP contribution in [-0.2, 0) is 20.9 Å². The lowest BCUT2D eigenvalue weighted by Gasteiger charge is -2.31. The maximum absolute atomic E-state index is 12.7. The normalized spacial score (nSPS) is 20.7. The molecule has 0 aromatic heterocycles. The number of nitrogens with one attached hydrogen (secondary N) is 1. The molecule has 8 nitrogen and oxygen atoms in total. The summed E-state index contributed by atoms with van der Waals surface area (Å²) in [6.07, 6.45) is 0.945. The van der Waals surface area contributed by atoms with E-state index in [9.17, 15) is 19.2 Å². The quantitative estimate of drug-likeness (QED) is 0.766. The minimum absolute atomic E-state index is 0.0102. The van der Waals surface area contributed by atoms with Gasteiger partial charge < -0.3 is 15.1 Å². The smallest absolute Gasteiger partial charge is 0.325 e. The van der Waals surface area contributed by atoms with Gasteiger partial charge in [-0.05, 0) is 12.0 Å². The predicted octanol–water partition coefficient (Wildman–Crippen LogP) is 0.578. The molecule has 5 amide bonds. The summed E-state index contributed by atoms with van der Waals surface area (Å²) in [6.45, 7) is 2.83. The van der Waals surface area contributed by atoms with Gasteiger partial charge >= 0.3 is 6.03 Å². The monoisotopic (exact) mass is 372 g/mol. The maximum Gasteiger partial charge on any atom is 0.325 e. The third-order valence-electron chi connectivity index (χ3n) is 5.04. The van der Waals surface area contributed by atoms with E-state index in [0.29, 0.717) is 26.1 Å². The van der Waals surface area contributed by atoms with Gasteiger partial charge in [0.05, 0.1) is 6.54 Å². The van der Waals surface area contributed by atoms with Crippen molar-refractivity contribution in [3.8, 4) is 0 Å². The van der Waals surface area contributed by atoms with Crippen molar-refractivity contribution in [3.63, 3.8) is 0 Å². The highest BCUT2D eigenvalue weighted by molar-refractivity contribution is 6.04. The molecule has 2 aliphatic rings. The first-order valence-corrected chi connectivity index (χ1v) is 9.19. The van der Waals surface area contributed by atoms with Gasteiger partial charge in [0, 0.05) is 32.1 Å². The molecule has 1 N–H and O–H groups in total. The molecule has 0 bridgehead atoms. The van der Waals surface area contributed by atoms with Crippen LogP contribution in [0.25, 0.3) is 0 Å². The molecule has 0 spiro atoms. The van der Waals surface area contributed by atoms with Crippen LogP contribution in [0.1, 0.15) is 25.3 Å². The Hall–Kier alpha value is -2.90. The lowest BCUT2D eigenvalue weighted by molar-refractivity contribution is -0.136. The van der Waals surface area contributed by atoms with Crippen LogP contribution in [0.5, 0.6) is 0 Å². The van der Waals surface area contributed by atoms with Crippen molar-refractivity contribution in [2.24, 2.45) is 0 Å². The topological polar surface area (TPSA) is 90.0 Å². The minimum Gasteiger partial charge on any atom is -0.339 e. The number of imide groups is 1. The van der Waals surface area contributed by atoms with Crippen LogP contribution < -0.4 is 5.32 Å². The fourth-order valence-corrected chi connectivity index (χ4v) is 3.45. The second kappa shape index (κ2) is 8.20. The zero-order valence-corrected chi connectivity index (χ0v) is 15.4. The number of hydrogen-bond acceptors (Lipinski definition) is 4. The van der Waals surface area contributed by atoms with Crippen LogP contribution >= 0.6 is 0 Å². The third kappa shape index (κ3) is 4.27. The van der Waals surface area contributed by atoms with Crippen LogP contribution in [-0.4, -0.2) is 70.7 Å². The number of nitrogens with zero attached hydrogens (tertiary/aromatic N) is 3. The second-order valence-electron chi connectivity index (χ2n) is 6.80. The van der Waals surface area contributed by atoms with E-state index in [1.165, 1.54) is 0 Å². The molecule has 2 heterocycles. The van der Waals surface area contributed by atoms with Crippen molar-refractivity contribution in [1.29, 1.82) is 0 Å². The van der Waals surface area contributed by atoms with Gasteiger partial charge in [0.2, 0.25) is 11.8 Å². The molecule has 1 aromatic rings. The molecular formula is C19H24N4O4. The van der Waals surface area contributed by atoms with Gasteiger partial charge in [-0.3, -0.25) is 19.3 Å². The summed E-state index contributed by atoms with van der Waals surface area (Å²) in [5, 5.41) is 2.41. The largest absolute Gasteiger partial charge is 0.339 e. The summed E-state index contributed by atoms with van der Waals surface area (Å²) >= 11 is 0. The van der Waals surface area contributed by atoms with E-state index in [0.717, 1.165) is 10.5 Å². The first kappa shape index (κ1) is 18.9. The number of benzene rings is 1. The van der Waals surface area contributed by atoms with Crippen molar-refractivity contribution in [2.45, 2.75) is 32.4 Å². The Morgan fingerprint density at radius 3 is 2.52 bits per heavy atom. The van der Waals surface area contributed by atoms with E-state index in [1.807, 2.05) is 42.2 Å². The second-order valence-corrected chi connectivity index (χ2v) is 6.80. The molecule has 0 saturated carbocycles. The van der Waals surface area contributed by atoms with Crippen molar-refractivity contribution in [1.82, 2.24) is 20.0 Å². The van der Waals surface area contributed by atoms with Crippen molar-refractivity contribution < 1.29 is 19.2 Å². The number of rotatable bonds is 5. The minimum atomic E-state index is -0.544. The zero-order valence-electron chi connectivity index (χ0n) is 15.4. The van der Waals surface area contributed by atoms with E-state index in [4.69, 9.17) is 0 Å². The summed E-state index contributed by atoms with van der Waals surface area (Å²) in [6, 6.07) is 9.11. The Morgan fingerprint density at radius 1 is 1.15 bits per heavy atom. The molecule has 2 fully saturated rings. The molecule has 0 radical (unpaired) electrons. The van der Waals surface area contributed by atoms with Gasteiger partial charge in [-0.25, -0.2) is 4.79 Å². The van der Waals surface area contributed by atoms with Gasteiger partial charge in [0.25, 0.3) is 5.91 Å². The van der Waals surface area contributed by atoms with E-state index in [1.54, 1.807) is 4.90 Å². The van der Waals surface area contributed by atoms with Crippen molar-refractivity contribution >= 4 is 23.8 Å². The maximum atomic E-state index is 12.7. The van der Waals surface area contributed by atoms with Crippen LogP contribution in [0.4, 0.5) is 4.79 Å². The number of carbonyl (C=O) groups excluding carboxylic acids is 4. The van der Waals surface area contributed by atoms with Gasteiger partial charge in [-0.1, -0.05) is 37.3 Å². The average molecular weight is 372 g/mol. The van der Waals surface area contributed by atoms with Gasteiger partial charge in [0.15, 0.2) is 0 Å².